The van der Waals surface area contributed by atoms with Crippen molar-refractivity contribution in [2.75, 3.05) is 11.5 Å². The van der Waals surface area contributed by atoms with Crippen LogP contribution in [0.1, 0.15) is 6.92 Å². The molecule has 0 aliphatic carbocycles. The highest BCUT2D eigenvalue weighted by molar-refractivity contribution is 8.79. The number of thioether (sulfide) groups is 1. The smallest absolute Gasteiger partial charge is 0.218 e. The zero-order valence-electron chi connectivity index (χ0n) is 5.62. The van der Waals surface area contributed by atoms with Gasteiger partial charge in [0.2, 0.25) is 5.91 Å². The fourth-order valence-electron chi connectivity index (χ4n) is 0.559. The molecule has 1 saturated heterocycles. The molecule has 0 aromatic carbocycles. The van der Waals surface area contributed by atoms with Crippen molar-refractivity contribution in [1.29, 1.82) is 0 Å². The largest absolute Gasteiger partial charge is 0.335 e. The molecule has 5 heteroatoms. The second-order valence-electron chi connectivity index (χ2n) is 1.82. The lowest BCUT2D eigenvalue weighted by atomic mass is 10.7. The fraction of sp³-hybridized carbons (Fsp3) is 0.800. The summed E-state index contributed by atoms with van der Waals surface area (Å²) in [6, 6.07) is 0. The molecule has 58 valence electrons. The van der Waals surface area contributed by atoms with E-state index >= 15 is 0 Å². The molecule has 1 unspecified atom stereocenters. The van der Waals surface area contributed by atoms with Crippen molar-refractivity contribution in [2.24, 2.45) is 0 Å². The van der Waals surface area contributed by atoms with Gasteiger partial charge in [0.25, 0.3) is 0 Å². The highest BCUT2D eigenvalue weighted by Crippen LogP contribution is 2.37. The van der Waals surface area contributed by atoms with Gasteiger partial charge in [-0.1, -0.05) is 21.6 Å². The standard InChI is InChI=1S/C5H9NOS3/c1-4(7)6-5-8-2-3-9-10-5/h5H,2-3H2,1H3,(H,6,7). The van der Waals surface area contributed by atoms with Crippen molar-refractivity contribution >= 4 is 39.3 Å². The Labute approximate surface area is 72.7 Å². The lowest BCUT2D eigenvalue weighted by Gasteiger charge is -2.19. The number of rotatable bonds is 1. The molecule has 1 rings (SSSR count). The Morgan fingerprint density at radius 1 is 1.60 bits per heavy atom. The Kier molecular flexibility index (Phi) is 3.80. The molecule has 1 heterocycles. The molecule has 2 nitrogen and oxygen atoms in total. The van der Waals surface area contributed by atoms with E-state index in [-0.39, 0.29) is 10.6 Å². The van der Waals surface area contributed by atoms with Crippen molar-refractivity contribution in [3.63, 3.8) is 0 Å². The topological polar surface area (TPSA) is 29.1 Å². The lowest BCUT2D eigenvalue weighted by molar-refractivity contribution is -0.118. The SMILES string of the molecule is CC(=O)NC1SCCSS1. The summed E-state index contributed by atoms with van der Waals surface area (Å²) in [6.07, 6.45) is 0. The molecule has 1 aliphatic heterocycles. The normalized spacial score (nSPS) is 25.9. The highest BCUT2D eigenvalue weighted by atomic mass is 33.1. The molecule has 10 heavy (non-hydrogen) atoms. The zero-order chi connectivity index (χ0) is 7.40. The molecule has 1 N–H and O–H groups in total. The molecule has 0 aromatic rings. The van der Waals surface area contributed by atoms with E-state index in [2.05, 4.69) is 5.32 Å². The van der Waals surface area contributed by atoms with Crippen LogP contribution in [0.15, 0.2) is 0 Å². The van der Waals surface area contributed by atoms with Gasteiger partial charge in [-0.25, -0.2) is 0 Å². The zero-order valence-corrected chi connectivity index (χ0v) is 8.07. The van der Waals surface area contributed by atoms with Crippen LogP contribution in [0.2, 0.25) is 0 Å². The summed E-state index contributed by atoms with van der Waals surface area (Å²) in [5.74, 6) is 2.39. The van der Waals surface area contributed by atoms with Gasteiger partial charge in [-0.15, -0.1) is 11.8 Å². The van der Waals surface area contributed by atoms with E-state index in [0.717, 1.165) is 5.75 Å². The Hall–Kier alpha value is 0.520. The summed E-state index contributed by atoms with van der Waals surface area (Å²) in [5.41, 5.74) is 0. The highest BCUT2D eigenvalue weighted by Gasteiger charge is 2.14. The number of carbonyl (C=O) groups is 1. The van der Waals surface area contributed by atoms with Gasteiger partial charge in [-0.2, -0.15) is 0 Å². The van der Waals surface area contributed by atoms with Gasteiger partial charge in [0.15, 0.2) is 0 Å². The van der Waals surface area contributed by atoms with Crippen LogP contribution in [-0.4, -0.2) is 22.1 Å². The average Bonchev–Trinajstić information content (AvgIpc) is 1.88. The van der Waals surface area contributed by atoms with Crippen molar-refractivity contribution in [3.8, 4) is 0 Å². The van der Waals surface area contributed by atoms with Crippen LogP contribution < -0.4 is 5.32 Å². The third-order valence-electron chi connectivity index (χ3n) is 0.912. The quantitative estimate of drug-likeness (QED) is 0.643. The van der Waals surface area contributed by atoms with Gasteiger partial charge in [0.1, 0.15) is 4.71 Å². The van der Waals surface area contributed by atoms with E-state index in [0.29, 0.717) is 0 Å². The lowest BCUT2D eigenvalue weighted by Crippen LogP contribution is -2.28. The summed E-state index contributed by atoms with van der Waals surface area (Å²) in [7, 11) is 3.57. The van der Waals surface area contributed by atoms with E-state index in [1.54, 1.807) is 29.5 Å². The molecule has 1 aliphatic rings. The molecular formula is C5H9NOS3. The van der Waals surface area contributed by atoms with E-state index in [4.69, 9.17) is 0 Å². The second-order valence-corrected chi connectivity index (χ2v) is 5.93. The van der Waals surface area contributed by atoms with Gasteiger partial charge in [-0.3, -0.25) is 4.79 Å². The first-order valence-electron chi connectivity index (χ1n) is 2.96. The van der Waals surface area contributed by atoms with E-state index in [1.165, 1.54) is 5.75 Å². The molecule has 1 fully saturated rings. The van der Waals surface area contributed by atoms with Crippen molar-refractivity contribution in [2.45, 2.75) is 11.6 Å². The fourth-order valence-corrected chi connectivity index (χ4v) is 5.04. The summed E-state index contributed by atoms with van der Waals surface area (Å²) >= 11 is 1.80. The third kappa shape index (κ3) is 3.07. The first-order chi connectivity index (χ1) is 4.79. The van der Waals surface area contributed by atoms with Gasteiger partial charge in [0, 0.05) is 18.4 Å². The van der Waals surface area contributed by atoms with Crippen molar-refractivity contribution < 1.29 is 4.79 Å². The molecule has 0 radical (unpaired) electrons. The van der Waals surface area contributed by atoms with Crippen molar-refractivity contribution in [1.82, 2.24) is 5.32 Å². The first-order valence-corrected chi connectivity index (χ1v) is 6.39. The first kappa shape index (κ1) is 8.62. The predicted molar refractivity (Wildman–Crippen MR) is 50.1 cm³/mol. The molecular weight excluding hydrogens is 186 g/mol. The Morgan fingerprint density at radius 3 is 2.90 bits per heavy atom. The summed E-state index contributed by atoms with van der Waals surface area (Å²) in [5, 5.41) is 2.85. The minimum Gasteiger partial charge on any atom is -0.335 e. The summed E-state index contributed by atoms with van der Waals surface area (Å²) < 4.78 is 0.274. The maximum Gasteiger partial charge on any atom is 0.218 e. The number of hydrogen-bond acceptors (Lipinski definition) is 4. The van der Waals surface area contributed by atoms with Crippen molar-refractivity contribution in [3.05, 3.63) is 0 Å². The molecule has 1 amide bonds. The minimum absolute atomic E-state index is 0.0625. The minimum atomic E-state index is 0.0625. The maximum atomic E-state index is 10.6. The van der Waals surface area contributed by atoms with Gasteiger partial charge < -0.3 is 5.32 Å². The van der Waals surface area contributed by atoms with Gasteiger partial charge in [-0.05, 0) is 0 Å². The molecule has 0 bridgehead atoms. The number of nitrogens with one attached hydrogen (secondary N) is 1. The van der Waals surface area contributed by atoms with Crippen LogP contribution in [-0.2, 0) is 4.79 Å². The van der Waals surface area contributed by atoms with E-state index < -0.39 is 0 Å². The molecule has 0 saturated carbocycles. The Bertz CT molecular complexity index is 124. The van der Waals surface area contributed by atoms with Crippen LogP contribution in [0, 0.1) is 0 Å². The van der Waals surface area contributed by atoms with Gasteiger partial charge >= 0.3 is 0 Å². The number of hydrogen-bond donors (Lipinski definition) is 1. The summed E-state index contributed by atoms with van der Waals surface area (Å²) in [4.78, 5) is 10.6. The van der Waals surface area contributed by atoms with Crippen LogP contribution in [0.25, 0.3) is 0 Å². The Balaban J connectivity index is 2.19. The average molecular weight is 195 g/mol. The molecule has 0 aromatic heterocycles. The number of carbonyl (C=O) groups excluding carboxylic acids is 1. The third-order valence-corrected chi connectivity index (χ3v) is 5.38. The second kappa shape index (κ2) is 4.41. The van der Waals surface area contributed by atoms with Crippen LogP contribution in [0.5, 0.6) is 0 Å². The van der Waals surface area contributed by atoms with E-state index in [1.807, 2.05) is 10.8 Å². The molecule has 0 spiro atoms. The van der Waals surface area contributed by atoms with Gasteiger partial charge in [0.05, 0.1) is 0 Å². The van der Waals surface area contributed by atoms with Crippen LogP contribution in [0.4, 0.5) is 0 Å². The van der Waals surface area contributed by atoms with Crippen LogP contribution in [0.3, 0.4) is 0 Å². The monoisotopic (exact) mass is 195 g/mol. The Morgan fingerprint density at radius 2 is 2.40 bits per heavy atom. The predicted octanol–water partition coefficient (Wildman–Crippen LogP) is 1.53. The summed E-state index contributed by atoms with van der Waals surface area (Å²) in [6.45, 7) is 1.56. The van der Waals surface area contributed by atoms with Crippen LogP contribution >= 0.6 is 33.3 Å². The maximum absolute atomic E-state index is 10.6. The van der Waals surface area contributed by atoms with E-state index in [9.17, 15) is 4.79 Å². The number of amides is 1. The molecule has 1 atom stereocenters.